The molecule has 7 heteroatoms. The first kappa shape index (κ1) is 16.6. The molecule has 6 nitrogen and oxygen atoms in total. The minimum Gasteiger partial charge on any atom is -0.385 e. The molecule has 2 aromatic heterocycles. The number of piperidine rings is 1. The van der Waals surface area contributed by atoms with Gasteiger partial charge in [0, 0.05) is 36.7 Å². The summed E-state index contributed by atoms with van der Waals surface area (Å²) < 4.78 is 15.1. The third-order valence-corrected chi connectivity index (χ3v) is 6.06. The molecule has 2 fully saturated rings. The van der Waals surface area contributed by atoms with Crippen molar-refractivity contribution in [2.24, 2.45) is 0 Å². The smallest absolute Gasteiger partial charge is 0.254 e. The molecule has 2 aliphatic heterocycles. The van der Waals surface area contributed by atoms with Crippen LogP contribution in [0.1, 0.15) is 43.9 Å². The molecule has 4 heterocycles. The van der Waals surface area contributed by atoms with Crippen LogP contribution in [0.4, 0.5) is 10.2 Å². The first-order valence-electron chi connectivity index (χ1n) is 9.54. The van der Waals surface area contributed by atoms with Gasteiger partial charge in [-0.1, -0.05) is 19.1 Å². The lowest BCUT2D eigenvalue weighted by atomic mass is 9.80. The number of fused-ring (bicyclic) bond motifs is 3. The molecule has 140 valence electrons. The molecule has 0 spiro atoms. The minimum absolute atomic E-state index is 0.207. The molecule has 0 aliphatic carbocycles. The van der Waals surface area contributed by atoms with Gasteiger partial charge >= 0.3 is 0 Å². The monoisotopic (exact) mass is 367 g/mol. The minimum atomic E-state index is -0.919. The molecule has 3 atom stereocenters. The van der Waals surface area contributed by atoms with Gasteiger partial charge in [-0.25, -0.2) is 9.37 Å². The van der Waals surface area contributed by atoms with E-state index in [2.05, 4.69) is 33.0 Å². The maximum Gasteiger partial charge on any atom is 0.254 e. The highest BCUT2D eigenvalue weighted by molar-refractivity contribution is 5.51. The van der Waals surface area contributed by atoms with Crippen LogP contribution in [0, 0.1) is 5.82 Å². The summed E-state index contributed by atoms with van der Waals surface area (Å²) in [6.45, 7) is 2.08. The summed E-state index contributed by atoms with van der Waals surface area (Å²) in [4.78, 5) is 11.2. The van der Waals surface area contributed by atoms with Crippen LogP contribution in [-0.2, 0) is 12.0 Å². The second-order valence-corrected chi connectivity index (χ2v) is 7.67. The van der Waals surface area contributed by atoms with Crippen molar-refractivity contribution >= 4 is 11.6 Å². The summed E-state index contributed by atoms with van der Waals surface area (Å²) in [7, 11) is 0. The van der Waals surface area contributed by atoms with Gasteiger partial charge in [-0.2, -0.15) is 14.6 Å². The predicted molar refractivity (Wildman–Crippen MR) is 99.0 cm³/mol. The number of aliphatic hydroxyl groups is 1. The number of nitrogens with zero attached hydrogens (tertiary/aromatic N) is 5. The molecule has 3 aromatic rings. The fourth-order valence-corrected chi connectivity index (χ4v) is 4.80. The fourth-order valence-electron chi connectivity index (χ4n) is 4.80. The fraction of sp³-hybridized carbons (Fsp3) is 0.450. The van der Waals surface area contributed by atoms with Crippen LogP contribution in [0.15, 0.2) is 36.7 Å². The third-order valence-electron chi connectivity index (χ3n) is 6.06. The zero-order valence-corrected chi connectivity index (χ0v) is 15.2. The Morgan fingerprint density at radius 1 is 1.19 bits per heavy atom. The highest BCUT2D eigenvalue weighted by atomic mass is 19.1. The van der Waals surface area contributed by atoms with Crippen LogP contribution in [0.25, 0.3) is 5.78 Å². The molecular weight excluding hydrogens is 345 g/mol. The molecule has 2 bridgehead atoms. The topological polar surface area (TPSA) is 66.5 Å². The summed E-state index contributed by atoms with van der Waals surface area (Å²) in [6, 6.07) is 8.78. The van der Waals surface area contributed by atoms with Gasteiger partial charge in [-0.3, -0.25) is 0 Å². The normalized spacial score (nSPS) is 27.4. The Morgan fingerprint density at radius 3 is 2.56 bits per heavy atom. The molecule has 0 amide bonds. The lowest BCUT2D eigenvalue weighted by molar-refractivity contribution is -0.00332. The average molecular weight is 367 g/mol. The van der Waals surface area contributed by atoms with Gasteiger partial charge < -0.3 is 10.0 Å². The van der Waals surface area contributed by atoms with Crippen molar-refractivity contribution < 1.29 is 9.50 Å². The van der Waals surface area contributed by atoms with Gasteiger partial charge in [0.1, 0.15) is 18.0 Å². The SMILES string of the molecule is CCc1cc(N2[C@@H]3CC[C@H]2CC(O)(c2ccc(F)cc2)C3)n2ncnc2n1. The van der Waals surface area contributed by atoms with Crippen molar-refractivity contribution in [2.75, 3.05) is 4.90 Å². The Morgan fingerprint density at radius 2 is 1.89 bits per heavy atom. The quantitative estimate of drug-likeness (QED) is 0.771. The highest BCUT2D eigenvalue weighted by Crippen LogP contribution is 2.47. The van der Waals surface area contributed by atoms with E-state index in [1.807, 2.05) is 0 Å². The Hall–Kier alpha value is -2.54. The van der Waals surface area contributed by atoms with E-state index in [0.717, 1.165) is 36.3 Å². The lowest BCUT2D eigenvalue weighted by Crippen LogP contribution is -2.50. The number of hydrogen-bond donors (Lipinski definition) is 1. The summed E-state index contributed by atoms with van der Waals surface area (Å²) in [5.74, 6) is 1.34. The summed E-state index contributed by atoms with van der Waals surface area (Å²) >= 11 is 0. The molecule has 1 aromatic carbocycles. The standard InChI is InChI=1S/C20H22FN5O/c1-2-15-9-18(26-19(24-15)22-12-23-26)25-16-7-8-17(25)11-20(27,10-16)13-3-5-14(21)6-4-13/h3-6,9,12,16-17,27H,2,7-8,10-11H2,1H3/t16-,17+,20?. The molecule has 1 N–H and O–H groups in total. The van der Waals surface area contributed by atoms with E-state index in [4.69, 9.17) is 0 Å². The molecule has 0 radical (unpaired) electrons. The van der Waals surface area contributed by atoms with Crippen molar-refractivity contribution in [2.45, 2.75) is 56.7 Å². The van der Waals surface area contributed by atoms with Crippen LogP contribution in [0.5, 0.6) is 0 Å². The van der Waals surface area contributed by atoms with Crippen molar-refractivity contribution in [1.29, 1.82) is 0 Å². The molecular formula is C20H22FN5O. The number of benzene rings is 1. The molecule has 5 rings (SSSR count). The second-order valence-electron chi connectivity index (χ2n) is 7.67. The van der Waals surface area contributed by atoms with Crippen LogP contribution in [0.2, 0.25) is 0 Å². The second kappa shape index (κ2) is 5.99. The van der Waals surface area contributed by atoms with Gasteiger partial charge in [0.25, 0.3) is 5.78 Å². The Kier molecular flexibility index (Phi) is 3.69. The maximum atomic E-state index is 13.3. The van der Waals surface area contributed by atoms with Gasteiger partial charge in [-0.15, -0.1) is 0 Å². The third kappa shape index (κ3) is 2.60. The highest BCUT2D eigenvalue weighted by Gasteiger charge is 2.49. The number of aryl methyl sites for hydroxylation is 1. The lowest BCUT2D eigenvalue weighted by Gasteiger charge is -2.45. The average Bonchev–Trinajstić information content (AvgIpc) is 3.24. The van der Waals surface area contributed by atoms with Gasteiger partial charge in [0.05, 0.1) is 5.60 Å². The van der Waals surface area contributed by atoms with E-state index in [9.17, 15) is 9.50 Å². The van der Waals surface area contributed by atoms with Crippen LogP contribution < -0.4 is 4.90 Å². The van der Waals surface area contributed by atoms with E-state index in [1.54, 1.807) is 16.6 Å². The number of aromatic nitrogens is 4. The molecule has 0 saturated carbocycles. The molecule has 27 heavy (non-hydrogen) atoms. The Labute approximate surface area is 156 Å². The van der Waals surface area contributed by atoms with Crippen molar-refractivity contribution in [3.8, 4) is 0 Å². The zero-order chi connectivity index (χ0) is 18.6. The van der Waals surface area contributed by atoms with Gasteiger partial charge in [-0.05, 0) is 37.0 Å². The molecule has 2 saturated heterocycles. The first-order valence-corrected chi connectivity index (χ1v) is 9.54. The Balaban J connectivity index is 1.53. The largest absolute Gasteiger partial charge is 0.385 e. The van der Waals surface area contributed by atoms with E-state index in [-0.39, 0.29) is 17.9 Å². The number of halogens is 1. The summed E-state index contributed by atoms with van der Waals surface area (Å²) in [6.07, 6.45) is 5.65. The molecule has 1 unspecified atom stereocenters. The molecule has 2 aliphatic rings. The van der Waals surface area contributed by atoms with Crippen molar-refractivity contribution in [1.82, 2.24) is 19.6 Å². The number of hydrogen-bond acceptors (Lipinski definition) is 5. The van der Waals surface area contributed by atoms with Crippen LogP contribution in [-0.4, -0.2) is 36.8 Å². The summed E-state index contributed by atoms with van der Waals surface area (Å²) in [5, 5.41) is 15.7. The van der Waals surface area contributed by atoms with Gasteiger partial charge in [0.2, 0.25) is 0 Å². The summed E-state index contributed by atoms with van der Waals surface area (Å²) in [5.41, 5.74) is 0.873. The van der Waals surface area contributed by atoms with E-state index in [0.29, 0.717) is 18.6 Å². The Bertz CT molecular complexity index is 972. The van der Waals surface area contributed by atoms with Gasteiger partial charge in [0.15, 0.2) is 0 Å². The van der Waals surface area contributed by atoms with E-state index < -0.39 is 5.60 Å². The van der Waals surface area contributed by atoms with Crippen LogP contribution >= 0.6 is 0 Å². The number of rotatable bonds is 3. The maximum absolute atomic E-state index is 13.3. The zero-order valence-electron chi connectivity index (χ0n) is 15.2. The predicted octanol–water partition coefficient (Wildman–Crippen LogP) is 2.84. The van der Waals surface area contributed by atoms with Crippen molar-refractivity contribution in [3.05, 3.63) is 53.7 Å². The van der Waals surface area contributed by atoms with E-state index >= 15 is 0 Å². The van der Waals surface area contributed by atoms with E-state index in [1.165, 1.54) is 18.5 Å². The van der Waals surface area contributed by atoms with Crippen LogP contribution in [0.3, 0.4) is 0 Å². The van der Waals surface area contributed by atoms with Crippen molar-refractivity contribution in [3.63, 3.8) is 0 Å². The first-order chi connectivity index (χ1) is 13.1. The number of anilines is 1.